The lowest BCUT2D eigenvalue weighted by atomic mass is 10.1. The Bertz CT molecular complexity index is 2380. The van der Waals surface area contributed by atoms with Crippen LogP contribution >= 0.6 is 11.6 Å². The largest absolute Gasteiger partial charge is 0.507 e. The number of hydrogen-bond acceptors (Lipinski definition) is 9. The molecule has 7 N–H and O–H groups in total. The fraction of sp³-hybridized carbons (Fsp3) is 0. The maximum Gasteiger partial charge on any atom is 0.323 e. The van der Waals surface area contributed by atoms with Crippen LogP contribution in [0.4, 0.5) is 21.9 Å². The number of hydrogen-bond donors (Lipinski definition) is 7. The summed E-state index contributed by atoms with van der Waals surface area (Å²) in [5.41, 5.74) is 0.144. The molecule has 0 heterocycles. The number of rotatable bonds is 7. The number of benzene rings is 5. The number of sulfonamides is 1. The van der Waals surface area contributed by atoms with Gasteiger partial charge in [0.15, 0.2) is 0 Å². The lowest BCUT2D eigenvalue weighted by Crippen LogP contribution is -2.19. The van der Waals surface area contributed by atoms with Gasteiger partial charge in [-0.1, -0.05) is 11.6 Å². The molecule has 0 aliphatic carbocycles. The maximum absolute atomic E-state index is 13.1. The Morgan fingerprint density at radius 1 is 0.600 bits per heavy atom. The number of carbonyl (C=O) groups excluding carboxylic acids is 1. The molecule has 0 radical (unpaired) electrons. The minimum atomic E-state index is -4.75. The van der Waals surface area contributed by atoms with Gasteiger partial charge in [-0.05, 0) is 77.5 Å². The van der Waals surface area contributed by atoms with Crippen molar-refractivity contribution >= 4 is 86.5 Å². The summed E-state index contributed by atoms with van der Waals surface area (Å²) in [5, 5.41) is 26.3. The molecule has 45 heavy (non-hydrogen) atoms. The summed E-state index contributed by atoms with van der Waals surface area (Å²) >= 11 is 5.78. The van der Waals surface area contributed by atoms with E-state index >= 15 is 0 Å². The summed E-state index contributed by atoms with van der Waals surface area (Å²) in [7, 11) is -13.8. The molecular formula is C27H20ClN3O11S3. The first kappa shape index (κ1) is 31.8. The number of fused-ring (bicyclic) bond motifs is 2. The molecule has 2 amide bonds. The predicted molar refractivity (Wildman–Crippen MR) is 166 cm³/mol. The Hall–Kier alpha value is -4.65. The van der Waals surface area contributed by atoms with Crippen LogP contribution in [0.1, 0.15) is 0 Å². The zero-order valence-electron chi connectivity index (χ0n) is 22.3. The van der Waals surface area contributed by atoms with Crippen molar-refractivity contribution in [1.29, 1.82) is 0 Å². The second-order valence-corrected chi connectivity index (χ2v) is 14.4. The number of urea groups is 1. The molecule has 234 valence electrons. The molecule has 5 aromatic rings. The minimum Gasteiger partial charge on any atom is -0.507 e. The Morgan fingerprint density at radius 2 is 1.09 bits per heavy atom. The van der Waals surface area contributed by atoms with Gasteiger partial charge in [-0.15, -0.1) is 0 Å². The topological polar surface area (TPSA) is 236 Å². The molecule has 14 nitrogen and oxygen atoms in total. The van der Waals surface area contributed by atoms with Crippen molar-refractivity contribution in [3.8, 4) is 11.5 Å². The third-order valence-electron chi connectivity index (χ3n) is 6.39. The second-order valence-electron chi connectivity index (χ2n) is 9.54. The number of aromatic hydroxyl groups is 2. The number of halogens is 1. The van der Waals surface area contributed by atoms with Crippen molar-refractivity contribution < 1.29 is 49.4 Å². The van der Waals surface area contributed by atoms with Crippen LogP contribution < -0.4 is 15.4 Å². The Morgan fingerprint density at radius 3 is 1.60 bits per heavy atom. The number of amides is 2. The Balaban J connectivity index is 1.39. The van der Waals surface area contributed by atoms with Crippen molar-refractivity contribution in [1.82, 2.24) is 0 Å². The fourth-order valence-corrected chi connectivity index (χ4v) is 7.02. The first-order valence-corrected chi connectivity index (χ1v) is 17.0. The summed E-state index contributed by atoms with van der Waals surface area (Å²) < 4.78 is 93.1. The monoisotopic (exact) mass is 693 g/mol. The van der Waals surface area contributed by atoms with Gasteiger partial charge in [-0.3, -0.25) is 13.8 Å². The smallest absolute Gasteiger partial charge is 0.323 e. The summed E-state index contributed by atoms with van der Waals surface area (Å²) in [6.45, 7) is 0. The second kappa shape index (κ2) is 11.4. The first-order chi connectivity index (χ1) is 20.9. The van der Waals surface area contributed by atoms with Gasteiger partial charge in [-0.25, -0.2) is 13.2 Å². The summed E-state index contributed by atoms with van der Waals surface area (Å²) in [6, 6.07) is 15.0. The van der Waals surface area contributed by atoms with Gasteiger partial charge >= 0.3 is 6.03 Å². The van der Waals surface area contributed by atoms with E-state index in [1.165, 1.54) is 48.5 Å². The zero-order chi connectivity index (χ0) is 32.9. The molecule has 0 aliphatic heterocycles. The lowest BCUT2D eigenvalue weighted by Gasteiger charge is -2.13. The fourth-order valence-electron chi connectivity index (χ4n) is 4.38. The molecule has 0 aliphatic rings. The van der Waals surface area contributed by atoms with Crippen LogP contribution in [0.5, 0.6) is 11.5 Å². The SMILES string of the molecule is O=C(Nc1ccc2c(O)cc(S(=O)(=O)O)cc2c1)Nc1ccc2c(O)cc(S(=O)(=O)Nc3ccc(Cl)c(S(=O)(=O)O)c3)cc2c1. The highest BCUT2D eigenvalue weighted by molar-refractivity contribution is 7.92. The van der Waals surface area contributed by atoms with Crippen molar-refractivity contribution in [2.24, 2.45) is 0 Å². The van der Waals surface area contributed by atoms with Crippen LogP contribution in [0.25, 0.3) is 21.5 Å². The van der Waals surface area contributed by atoms with Crippen LogP contribution in [-0.2, 0) is 30.3 Å². The van der Waals surface area contributed by atoms with E-state index in [9.17, 15) is 49.4 Å². The van der Waals surface area contributed by atoms with E-state index in [-0.39, 0.29) is 43.6 Å². The zero-order valence-corrected chi connectivity index (χ0v) is 25.5. The van der Waals surface area contributed by atoms with E-state index in [0.29, 0.717) is 0 Å². The highest BCUT2D eigenvalue weighted by Crippen LogP contribution is 2.33. The molecule has 5 rings (SSSR count). The van der Waals surface area contributed by atoms with Crippen LogP contribution in [0.2, 0.25) is 5.02 Å². The lowest BCUT2D eigenvalue weighted by molar-refractivity contribution is 0.262. The minimum absolute atomic E-state index is 0.185. The number of phenolic OH excluding ortho intramolecular Hbond substituents is 2. The number of anilines is 3. The van der Waals surface area contributed by atoms with E-state index in [2.05, 4.69) is 15.4 Å². The average molecular weight is 694 g/mol. The van der Waals surface area contributed by atoms with Crippen LogP contribution in [0.15, 0.2) is 93.5 Å². The molecule has 18 heteroatoms. The average Bonchev–Trinajstić information content (AvgIpc) is 2.92. The molecule has 5 aromatic carbocycles. The van der Waals surface area contributed by atoms with Crippen LogP contribution in [0.3, 0.4) is 0 Å². The first-order valence-electron chi connectivity index (χ1n) is 12.3. The molecule has 0 unspecified atom stereocenters. The quantitative estimate of drug-likeness (QED) is 0.112. The Labute approximate surface area is 260 Å². The van der Waals surface area contributed by atoms with Crippen molar-refractivity contribution in [2.75, 3.05) is 15.4 Å². The molecule has 0 atom stereocenters. The number of carbonyl (C=O) groups is 1. The standard InChI is InChI=1S/C27H20ClN3O11S3/c28-23-6-3-18(11-26(23)45(40,41)42)31-43(35,36)19-9-14-7-16(1-4-21(14)24(32)12-19)29-27(34)30-17-2-5-22-15(8-17)10-20(13-25(22)33)44(37,38)39/h1-13,31-33H,(H2,29,30,34)(H,37,38,39)(H,40,41,42). The third-order valence-corrected chi connectivity index (χ3v) is 9.92. The number of nitrogens with one attached hydrogen (secondary N) is 3. The molecule has 0 fully saturated rings. The highest BCUT2D eigenvalue weighted by atomic mass is 35.5. The van der Waals surface area contributed by atoms with Gasteiger partial charge in [0.05, 0.1) is 20.5 Å². The molecule has 0 saturated heterocycles. The molecule has 0 spiro atoms. The van der Waals surface area contributed by atoms with Crippen LogP contribution in [-0.4, -0.2) is 50.6 Å². The maximum atomic E-state index is 13.1. The van der Waals surface area contributed by atoms with Gasteiger partial charge in [-0.2, -0.15) is 16.8 Å². The van der Waals surface area contributed by atoms with Gasteiger partial charge in [0.2, 0.25) is 0 Å². The molecule has 0 aromatic heterocycles. The third kappa shape index (κ3) is 6.88. The molecule has 0 bridgehead atoms. The molecular weight excluding hydrogens is 674 g/mol. The van der Waals surface area contributed by atoms with E-state index < -0.39 is 62.5 Å². The Kier molecular flexibility index (Phi) is 8.02. The predicted octanol–water partition coefficient (Wildman–Crippen LogP) is 5.00. The number of phenols is 2. The van der Waals surface area contributed by atoms with E-state index in [1.54, 1.807) is 0 Å². The van der Waals surface area contributed by atoms with Gasteiger partial charge in [0, 0.05) is 34.3 Å². The normalized spacial score (nSPS) is 12.2. The van der Waals surface area contributed by atoms with E-state index in [1.807, 2.05) is 0 Å². The summed E-state index contributed by atoms with van der Waals surface area (Å²) in [5.74, 6) is -0.814. The van der Waals surface area contributed by atoms with Gasteiger partial charge in [0.1, 0.15) is 16.4 Å². The van der Waals surface area contributed by atoms with E-state index in [0.717, 1.165) is 30.3 Å². The van der Waals surface area contributed by atoms with Crippen molar-refractivity contribution in [2.45, 2.75) is 14.7 Å². The van der Waals surface area contributed by atoms with Crippen molar-refractivity contribution in [3.05, 3.63) is 83.9 Å². The van der Waals surface area contributed by atoms with Crippen molar-refractivity contribution in [3.63, 3.8) is 0 Å². The summed E-state index contributed by atoms with van der Waals surface area (Å²) in [4.78, 5) is 11.1. The van der Waals surface area contributed by atoms with Crippen LogP contribution in [0, 0.1) is 0 Å². The summed E-state index contributed by atoms with van der Waals surface area (Å²) in [6.07, 6.45) is 0. The molecule has 0 saturated carbocycles. The van der Waals surface area contributed by atoms with Gasteiger partial charge in [0.25, 0.3) is 30.3 Å². The highest BCUT2D eigenvalue weighted by Gasteiger charge is 2.21. The van der Waals surface area contributed by atoms with E-state index in [4.69, 9.17) is 11.6 Å². The van der Waals surface area contributed by atoms with Gasteiger partial charge < -0.3 is 20.8 Å².